The topological polar surface area (TPSA) is 80.0 Å². The smallest absolute Gasteiger partial charge is 0.296 e. The highest BCUT2D eigenvalue weighted by atomic mass is 35.5. The summed E-state index contributed by atoms with van der Waals surface area (Å²) in [6.07, 6.45) is 1.41. The van der Waals surface area contributed by atoms with Crippen molar-refractivity contribution >= 4 is 29.1 Å². The van der Waals surface area contributed by atoms with E-state index >= 15 is 0 Å². The van der Waals surface area contributed by atoms with E-state index in [2.05, 4.69) is 0 Å². The largest absolute Gasteiger partial charge is 0.507 e. The molecular formula is C23H17ClFNO5. The van der Waals surface area contributed by atoms with Crippen molar-refractivity contribution in [3.05, 3.63) is 94.2 Å². The molecule has 1 fully saturated rings. The first-order valence-corrected chi connectivity index (χ1v) is 9.68. The van der Waals surface area contributed by atoms with Crippen LogP contribution in [-0.2, 0) is 16.1 Å². The Kier molecular flexibility index (Phi) is 5.52. The summed E-state index contributed by atoms with van der Waals surface area (Å²) in [6, 6.07) is 12.4. The molecule has 1 aliphatic rings. The summed E-state index contributed by atoms with van der Waals surface area (Å²) in [5.74, 6) is -1.74. The molecule has 0 bridgehead atoms. The molecule has 158 valence electrons. The van der Waals surface area contributed by atoms with Crippen molar-refractivity contribution in [1.82, 2.24) is 4.90 Å². The normalized spacial score (nSPS) is 17.9. The first-order valence-electron chi connectivity index (χ1n) is 9.31. The monoisotopic (exact) mass is 441 g/mol. The van der Waals surface area contributed by atoms with E-state index in [9.17, 15) is 19.1 Å². The number of ether oxygens (including phenoxy) is 1. The van der Waals surface area contributed by atoms with E-state index in [1.165, 1.54) is 54.7 Å². The molecule has 1 N–H and O–H groups in total. The zero-order valence-corrected chi connectivity index (χ0v) is 17.1. The minimum Gasteiger partial charge on any atom is -0.507 e. The van der Waals surface area contributed by atoms with Crippen LogP contribution in [0.4, 0.5) is 4.39 Å². The summed E-state index contributed by atoms with van der Waals surface area (Å²) in [6.45, 7) is 0.0242. The van der Waals surface area contributed by atoms with Crippen molar-refractivity contribution in [3.63, 3.8) is 0 Å². The number of aliphatic hydroxyl groups excluding tert-OH is 1. The minimum absolute atomic E-state index is 0.0242. The van der Waals surface area contributed by atoms with Crippen LogP contribution in [0.25, 0.3) is 5.76 Å². The molecule has 1 aliphatic heterocycles. The van der Waals surface area contributed by atoms with Crippen LogP contribution >= 0.6 is 11.6 Å². The summed E-state index contributed by atoms with van der Waals surface area (Å²) < 4.78 is 23.9. The fourth-order valence-corrected chi connectivity index (χ4v) is 3.80. The third kappa shape index (κ3) is 3.80. The van der Waals surface area contributed by atoms with E-state index < -0.39 is 23.5 Å². The Balaban J connectivity index is 1.81. The summed E-state index contributed by atoms with van der Waals surface area (Å²) >= 11 is 6.16. The van der Waals surface area contributed by atoms with E-state index in [1.54, 1.807) is 18.2 Å². The van der Waals surface area contributed by atoms with Crippen molar-refractivity contribution < 1.29 is 28.2 Å². The van der Waals surface area contributed by atoms with Crippen LogP contribution in [0, 0.1) is 5.82 Å². The number of aliphatic hydroxyl groups is 1. The Bertz CT molecular complexity index is 1170. The van der Waals surface area contributed by atoms with Gasteiger partial charge in [0.15, 0.2) is 0 Å². The Morgan fingerprint density at radius 3 is 2.55 bits per heavy atom. The Hall–Kier alpha value is -3.58. The van der Waals surface area contributed by atoms with Crippen molar-refractivity contribution in [1.29, 1.82) is 0 Å². The Morgan fingerprint density at radius 2 is 1.94 bits per heavy atom. The summed E-state index contributed by atoms with van der Waals surface area (Å²) in [4.78, 5) is 27.1. The predicted molar refractivity (Wildman–Crippen MR) is 111 cm³/mol. The van der Waals surface area contributed by atoms with Gasteiger partial charge in [-0.15, -0.1) is 0 Å². The molecule has 0 radical (unpaired) electrons. The number of benzene rings is 2. The maximum Gasteiger partial charge on any atom is 0.296 e. The van der Waals surface area contributed by atoms with Gasteiger partial charge in [-0.2, -0.15) is 0 Å². The number of furan rings is 1. The second kappa shape index (κ2) is 8.28. The lowest BCUT2D eigenvalue weighted by molar-refractivity contribution is -0.140. The maximum absolute atomic E-state index is 13.3. The molecule has 3 aromatic rings. The van der Waals surface area contributed by atoms with Crippen molar-refractivity contribution in [3.8, 4) is 5.75 Å². The molecule has 4 rings (SSSR count). The highest BCUT2D eigenvalue weighted by Crippen LogP contribution is 2.41. The van der Waals surface area contributed by atoms with Gasteiger partial charge in [0, 0.05) is 12.1 Å². The van der Waals surface area contributed by atoms with Crippen molar-refractivity contribution in [2.75, 3.05) is 7.11 Å². The van der Waals surface area contributed by atoms with Gasteiger partial charge in [0.1, 0.15) is 29.1 Å². The highest BCUT2D eigenvalue weighted by molar-refractivity contribution is 6.46. The third-order valence-corrected chi connectivity index (χ3v) is 5.34. The van der Waals surface area contributed by atoms with Crippen LogP contribution in [0.15, 0.2) is 70.9 Å². The van der Waals surface area contributed by atoms with Crippen LogP contribution in [0.3, 0.4) is 0 Å². The molecule has 0 aliphatic carbocycles. The van der Waals surface area contributed by atoms with E-state index in [4.69, 9.17) is 20.8 Å². The van der Waals surface area contributed by atoms with Gasteiger partial charge in [-0.05, 0) is 48.0 Å². The molecule has 1 aromatic heterocycles. The van der Waals surface area contributed by atoms with Gasteiger partial charge in [0.05, 0.1) is 24.0 Å². The van der Waals surface area contributed by atoms with Crippen molar-refractivity contribution in [2.45, 2.75) is 12.6 Å². The van der Waals surface area contributed by atoms with E-state index in [0.29, 0.717) is 17.1 Å². The first-order chi connectivity index (χ1) is 14.9. The standard InChI is InChI=1S/C23H17ClFNO5/c1-30-17-9-6-14(11-16(17)24)21(27)19-20(18-3-2-10-31-18)26(23(29)22(19)28)12-13-4-7-15(25)8-5-13/h2-11,20,27H,12H2,1H3/b21-19-. The summed E-state index contributed by atoms with van der Waals surface area (Å²) in [5, 5.41) is 11.2. The molecule has 8 heteroatoms. The zero-order chi connectivity index (χ0) is 22.1. The Morgan fingerprint density at radius 1 is 1.19 bits per heavy atom. The fraction of sp³-hybridized carbons (Fsp3) is 0.130. The quantitative estimate of drug-likeness (QED) is 0.352. The van der Waals surface area contributed by atoms with Crippen LogP contribution in [0.2, 0.25) is 5.02 Å². The Labute approximate surface area is 182 Å². The number of Topliss-reactive ketones (excluding diaryl/α,β-unsaturated/α-hetero) is 1. The number of carbonyl (C=O) groups is 2. The SMILES string of the molecule is COc1ccc(/C(O)=C2/C(=O)C(=O)N(Cc3ccc(F)cc3)C2c2ccco2)cc1Cl. The first kappa shape index (κ1) is 20.7. The van der Waals surface area contributed by atoms with Crippen LogP contribution in [0.1, 0.15) is 22.9 Å². The summed E-state index contributed by atoms with van der Waals surface area (Å²) in [7, 11) is 1.46. The van der Waals surface area contributed by atoms with Gasteiger partial charge in [0.25, 0.3) is 11.7 Å². The van der Waals surface area contributed by atoms with Gasteiger partial charge >= 0.3 is 0 Å². The second-order valence-corrected chi connectivity index (χ2v) is 7.33. The third-order valence-electron chi connectivity index (χ3n) is 5.04. The number of rotatable bonds is 5. The lowest BCUT2D eigenvalue weighted by atomic mass is 9.99. The lowest BCUT2D eigenvalue weighted by Gasteiger charge is -2.23. The van der Waals surface area contributed by atoms with Crippen LogP contribution in [-0.4, -0.2) is 28.8 Å². The van der Waals surface area contributed by atoms with Crippen LogP contribution < -0.4 is 4.74 Å². The zero-order valence-electron chi connectivity index (χ0n) is 16.3. The average molecular weight is 442 g/mol. The number of hydrogen-bond donors (Lipinski definition) is 1. The molecule has 0 saturated carbocycles. The molecule has 2 aromatic carbocycles. The fourth-order valence-electron chi connectivity index (χ4n) is 3.54. The van der Waals surface area contributed by atoms with Gasteiger partial charge in [-0.3, -0.25) is 9.59 Å². The molecule has 2 heterocycles. The minimum atomic E-state index is -0.957. The number of likely N-dealkylation sites (tertiary alicyclic amines) is 1. The van der Waals surface area contributed by atoms with Gasteiger partial charge in [-0.25, -0.2) is 4.39 Å². The number of amides is 1. The van der Waals surface area contributed by atoms with Gasteiger partial charge < -0.3 is 19.2 Å². The summed E-state index contributed by atoms with van der Waals surface area (Å²) in [5.41, 5.74) is 0.748. The highest BCUT2D eigenvalue weighted by Gasteiger charge is 2.47. The molecule has 1 saturated heterocycles. The number of hydrogen-bond acceptors (Lipinski definition) is 5. The molecule has 1 amide bonds. The average Bonchev–Trinajstić information content (AvgIpc) is 3.37. The molecule has 1 unspecified atom stereocenters. The van der Waals surface area contributed by atoms with E-state index in [1.807, 2.05) is 0 Å². The number of methoxy groups -OCH3 is 1. The number of nitrogens with zero attached hydrogens (tertiary/aromatic N) is 1. The lowest BCUT2D eigenvalue weighted by Crippen LogP contribution is -2.29. The molecular weight excluding hydrogens is 425 g/mol. The molecule has 6 nitrogen and oxygen atoms in total. The van der Waals surface area contributed by atoms with Crippen molar-refractivity contribution in [2.24, 2.45) is 0 Å². The number of ketones is 1. The second-order valence-electron chi connectivity index (χ2n) is 6.92. The maximum atomic E-state index is 13.3. The van der Waals surface area contributed by atoms with E-state index in [0.717, 1.165) is 0 Å². The van der Waals surface area contributed by atoms with Crippen LogP contribution in [0.5, 0.6) is 5.75 Å². The van der Waals surface area contributed by atoms with E-state index in [-0.39, 0.29) is 28.5 Å². The van der Waals surface area contributed by atoms with Gasteiger partial charge in [-0.1, -0.05) is 23.7 Å². The predicted octanol–water partition coefficient (Wildman–Crippen LogP) is 4.70. The van der Waals surface area contributed by atoms with Gasteiger partial charge in [0.2, 0.25) is 0 Å². The molecule has 1 atom stereocenters. The molecule has 31 heavy (non-hydrogen) atoms. The number of carbonyl (C=O) groups excluding carboxylic acids is 2. The number of halogens is 2. The molecule has 0 spiro atoms.